The number of aromatic nitrogens is 7. The molecule has 0 saturated carbocycles. The Kier molecular flexibility index (Phi) is 9.41. The second-order valence-electron chi connectivity index (χ2n) is 20.0. The van der Waals surface area contributed by atoms with Crippen LogP contribution in [0.15, 0.2) is 255 Å². The SMILES string of the molecule is Cc1cc2c(c3ccccc3n2-c2ccccc2)c2c1c1cc(-n3c4ccccc4c4c3ccc3c5cccc(-c6nc(-c7ccccc7)nc(-c7ccccc7)n6)c5n(-c5ccccc5)c34)ccc1n2-c1ccccc1. The molecule has 16 aromatic rings. The van der Waals surface area contributed by atoms with Gasteiger partial charge in [0, 0.05) is 82.5 Å². The molecule has 11 aromatic carbocycles. The average molecular weight is 984 g/mol. The molecule has 0 N–H and O–H groups in total. The minimum atomic E-state index is 0.613. The summed E-state index contributed by atoms with van der Waals surface area (Å²) >= 11 is 0. The molecule has 5 aromatic heterocycles. The summed E-state index contributed by atoms with van der Waals surface area (Å²) in [5, 5.41) is 9.53. The summed E-state index contributed by atoms with van der Waals surface area (Å²) in [6, 6.07) is 91.2. The highest BCUT2D eigenvalue weighted by atomic mass is 15.1. The number of aryl methyl sites for hydroxylation is 1. The third-order valence-electron chi connectivity index (χ3n) is 15.7. The second kappa shape index (κ2) is 16.8. The van der Waals surface area contributed by atoms with Gasteiger partial charge in [0.05, 0.1) is 44.1 Å². The van der Waals surface area contributed by atoms with E-state index in [4.69, 9.17) is 15.0 Å². The van der Waals surface area contributed by atoms with Gasteiger partial charge in [-0.05, 0) is 97.4 Å². The van der Waals surface area contributed by atoms with E-state index in [9.17, 15) is 0 Å². The van der Waals surface area contributed by atoms with Gasteiger partial charge in [0.1, 0.15) is 0 Å². The van der Waals surface area contributed by atoms with Crippen molar-refractivity contribution in [2.75, 3.05) is 0 Å². The number of hydrogen-bond donors (Lipinski definition) is 0. The Balaban J connectivity index is 0.992. The van der Waals surface area contributed by atoms with Gasteiger partial charge >= 0.3 is 0 Å². The number of fused-ring (bicyclic) bond motifs is 14. The topological polar surface area (TPSA) is 58.4 Å². The van der Waals surface area contributed by atoms with E-state index in [1.54, 1.807) is 0 Å². The van der Waals surface area contributed by atoms with Crippen LogP contribution in [0.1, 0.15) is 5.56 Å². The molecule has 0 spiro atoms. The quantitative estimate of drug-likeness (QED) is 0.160. The smallest absolute Gasteiger partial charge is 0.166 e. The van der Waals surface area contributed by atoms with E-state index >= 15 is 0 Å². The lowest BCUT2D eigenvalue weighted by atomic mass is 10.0. The van der Waals surface area contributed by atoms with Crippen molar-refractivity contribution in [2.45, 2.75) is 6.92 Å². The van der Waals surface area contributed by atoms with Crippen LogP contribution in [0.4, 0.5) is 0 Å². The molecule has 0 amide bonds. The fourth-order valence-corrected chi connectivity index (χ4v) is 12.5. The van der Waals surface area contributed by atoms with Crippen molar-refractivity contribution in [1.29, 1.82) is 0 Å². The minimum Gasteiger partial charge on any atom is -0.309 e. The first kappa shape index (κ1) is 43.1. The van der Waals surface area contributed by atoms with Crippen molar-refractivity contribution >= 4 is 87.2 Å². The van der Waals surface area contributed by atoms with Gasteiger partial charge in [0.15, 0.2) is 17.5 Å². The summed E-state index contributed by atoms with van der Waals surface area (Å²) in [7, 11) is 0. The average Bonchev–Trinajstić information content (AvgIpc) is 4.42. The van der Waals surface area contributed by atoms with E-state index in [1.165, 1.54) is 54.4 Å². The van der Waals surface area contributed by atoms with Gasteiger partial charge < -0.3 is 18.3 Å². The molecule has 0 aliphatic heterocycles. The summed E-state index contributed by atoms with van der Waals surface area (Å²) < 4.78 is 9.85. The Morgan fingerprint density at radius 2 is 0.714 bits per heavy atom. The van der Waals surface area contributed by atoms with Crippen LogP contribution in [0.2, 0.25) is 0 Å². The highest BCUT2D eigenvalue weighted by molar-refractivity contribution is 6.29. The molecule has 16 rings (SSSR count). The van der Waals surface area contributed by atoms with Gasteiger partial charge in [-0.1, -0.05) is 170 Å². The molecular formula is C70H45N7. The maximum atomic E-state index is 5.29. The standard InChI is InChI=1S/C70H45N7/c1-44-42-61-64(54-33-18-19-36-57(54)74(61)47-26-11-4-12-27-47)67-62(44)56-43-50(38-40-59(56)76(67)48-28-13-5-14-29-48)75-58-37-20-17-32-53(58)63-60(75)41-39-52-51-34-21-35-55(65(51)77(66(52)63)49-30-15-6-16-31-49)70-72-68(45-22-7-2-8-23-45)71-69(73-70)46-24-9-3-10-25-46/h2-43H,1H3. The first-order chi connectivity index (χ1) is 38.2. The van der Waals surface area contributed by atoms with Gasteiger partial charge in [-0.25, -0.2) is 15.0 Å². The van der Waals surface area contributed by atoms with Gasteiger partial charge in [-0.2, -0.15) is 0 Å². The molecule has 77 heavy (non-hydrogen) atoms. The third kappa shape index (κ3) is 6.41. The molecule has 0 aliphatic rings. The number of benzene rings is 11. The molecule has 0 bridgehead atoms. The highest BCUT2D eigenvalue weighted by Gasteiger charge is 2.27. The van der Waals surface area contributed by atoms with Crippen LogP contribution in [0.3, 0.4) is 0 Å². The van der Waals surface area contributed by atoms with Crippen molar-refractivity contribution in [2.24, 2.45) is 0 Å². The molecular weight excluding hydrogens is 939 g/mol. The summed E-state index contributed by atoms with van der Waals surface area (Å²) in [6.45, 7) is 2.28. The minimum absolute atomic E-state index is 0.613. The van der Waals surface area contributed by atoms with Crippen LogP contribution < -0.4 is 0 Å². The molecule has 0 radical (unpaired) electrons. The fourth-order valence-electron chi connectivity index (χ4n) is 12.5. The van der Waals surface area contributed by atoms with E-state index in [1.807, 2.05) is 36.4 Å². The first-order valence-corrected chi connectivity index (χ1v) is 26.2. The Labute approximate surface area is 442 Å². The largest absolute Gasteiger partial charge is 0.309 e. The van der Waals surface area contributed by atoms with Crippen LogP contribution in [-0.2, 0) is 0 Å². The zero-order valence-electron chi connectivity index (χ0n) is 41.9. The molecule has 360 valence electrons. The monoisotopic (exact) mass is 983 g/mol. The van der Waals surface area contributed by atoms with Crippen molar-refractivity contribution in [3.05, 3.63) is 260 Å². The lowest BCUT2D eigenvalue weighted by Crippen LogP contribution is -2.02. The van der Waals surface area contributed by atoms with Crippen LogP contribution >= 0.6 is 0 Å². The van der Waals surface area contributed by atoms with E-state index in [-0.39, 0.29) is 0 Å². The molecule has 0 saturated heterocycles. The van der Waals surface area contributed by atoms with Crippen LogP contribution in [0.5, 0.6) is 0 Å². The van der Waals surface area contributed by atoms with Crippen molar-refractivity contribution < 1.29 is 0 Å². The summed E-state index contributed by atoms with van der Waals surface area (Å²) in [4.78, 5) is 15.6. The van der Waals surface area contributed by atoms with E-state index in [0.29, 0.717) is 17.5 Å². The Hall–Kier alpha value is -10.4. The summed E-state index contributed by atoms with van der Waals surface area (Å²) in [5.41, 5.74) is 17.6. The summed E-state index contributed by atoms with van der Waals surface area (Å²) in [6.07, 6.45) is 0. The predicted octanol–water partition coefficient (Wildman–Crippen LogP) is 17.6. The molecule has 0 aliphatic carbocycles. The van der Waals surface area contributed by atoms with Crippen molar-refractivity contribution in [3.8, 4) is 56.9 Å². The maximum Gasteiger partial charge on any atom is 0.166 e. The maximum absolute atomic E-state index is 5.29. The van der Waals surface area contributed by atoms with Crippen LogP contribution in [0.25, 0.3) is 144 Å². The molecule has 5 heterocycles. The van der Waals surface area contributed by atoms with Crippen molar-refractivity contribution in [1.82, 2.24) is 33.2 Å². The van der Waals surface area contributed by atoms with E-state index in [0.717, 1.165) is 77.8 Å². The fraction of sp³-hybridized carbons (Fsp3) is 0.0143. The number of para-hydroxylation sites is 6. The Morgan fingerprint density at radius 3 is 1.32 bits per heavy atom. The lowest BCUT2D eigenvalue weighted by molar-refractivity contribution is 1.07. The predicted molar refractivity (Wildman–Crippen MR) is 318 cm³/mol. The number of rotatable bonds is 7. The zero-order valence-corrected chi connectivity index (χ0v) is 41.9. The molecule has 0 unspecified atom stereocenters. The Bertz CT molecular complexity index is 4960. The summed E-state index contributed by atoms with van der Waals surface area (Å²) in [5.74, 6) is 1.87. The number of nitrogens with zero attached hydrogens (tertiary/aromatic N) is 7. The normalized spacial score (nSPS) is 12.0. The molecule has 0 atom stereocenters. The first-order valence-electron chi connectivity index (χ1n) is 26.2. The zero-order chi connectivity index (χ0) is 50.7. The van der Waals surface area contributed by atoms with E-state index in [2.05, 4.69) is 244 Å². The molecule has 7 heteroatoms. The highest BCUT2D eigenvalue weighted by Crippen LogP contribution is 2.47. The Morgan fingerprint density at radius 1 is 0.260 bits per heavy atom. The third-order valence-corrected chi connectivity index (χ3v) is 15.7. The van der Waals surface area contributed by atoms with Crippen LogP contribution in [-0.4, -0.2) is 33.2 Å². The molecule has 7 nitrogen and oxygen atoms in total. The van der Waals surface area contributed by atoms with E-state index < -0.39 is 0 Å². The van der Waals surface area contributed by atoms with Gasteiger partial charge in [0.2, 0.25) is 0 Å². The van der Waals surface area contributed by atoms with Gasteiger partial charge in [-0.3, -0.25) is 0 Å². The molecule has 0 fully saturated rings. The van der Waals surface area contributed by atoms with Crippen LogP contribution in [0, 0.1) is 6.92 Å². The van der Waals surface area contributed by atoms with Crippen molar-refractivity contribution in [3.63, 3.8) is 0 Å². The second-order valence-corrected chi connectivity index (χ2v) is 20.0. The van der Waals surface area contributed by atoms with Gasteiger partial charge in [-0.15, -0.1) is 0 Å². The lowest BCUT2D eigenvalue weighted by Gasteiger charge is -2.13. The number of hydrogen-bond acceptors (Lipinski definition) is 3. The van der Waals surface area contributed by atoms with Gasteiger partial charge in [0.25, 0.3) is 0 Å².